The van der Waals surface area contributed by atoms with E-state index in [2.05, 4.69) is 13.8 Å². The molecule has 1 aliphatic rings. The van der Waals surface area contributed by atoms with Crippen molar-refractivity contribution in [2.24, 2.45) is 0 Å². The van der Waals surface area contributed by atoms with Gasteiger partial charge in [0.2, 0.25) is 0 Å². The Kier molecular flexibility index (Phi) is 7.85. The first-order chi connectivity index (χ1) is 4.41. The van der Waals surface area contributed by atoms with Gasteiger partial charge < -0.3 is 9.47 Å². The first-order valence-electron chi connectivity index (χ1n) is 3.57. The summed E-state index contributed by atoms with van der Waals surface area (Å²) in [5.41, 5.74) is 0. The second kappa shape index (κ2) is 7.92. The van der Waals surface area contributed by atoms with Crippen molar-refractivity contribution in [3.8, 4) is 0 Å². The Morgan fingerprint density at radius 3 is 1.67 bits per heavy atom. The van der Waals surface area contributed by atoms with Crippen LogP contribution in [0.15, 0.2) is 0 Å². The van der Waals surface area contributed by atoms with Gasteiger partial charge in [-0.1, -0.05) is 20.3 Å². The highest BCUT2D eigenvalue weighted by Crippen LogP contribution is 1.91. The Bertz CT molecular complexity index is 30.7. The van der Waals surface area contributed by atoms with Crippen molar-refractivity contribution in [3.05, 3.63) is 0 Å². The molecule has 1 rings (SSSR count). The molecule has 0 saturated carbocycles. The van der Waals surface area contributed by atoms with E-state index in [-0.39, 0.29) is 0 Å². The van der Waals surface area contributed by atoms with Crippen molar-refractivity contribution in [1.29, 1.82) is 0 Å². The van der Waals surface area contributed by atoms with E-state index in [1.54, 1.807) is 0 Å². The van der Waals surface area contributed by atoms with E-state index in [1.165, 1.54) is 6.42 Å². The first-order valence-corrected chi connectivity index (χ1v) is 3.57. The highest BCUT2D eigenvalue weighted by molar-refractivity contribution is 4.34. The lowest BCUT2D eigenvalue weighted by Gasteiger charge is -2.09. The largest absolute Gasteiger partial charge is 0.355 e. The third-order valence-electron chi connectivity index (χ3n) is 0.744. The predicted octanol–water partition coefficient (Wildman–Crippen LogP) is 1.80. The average molecular weight is 132 g/mol. The van der Waals surface area contributed by atoms with Crippen LogP contribution in [0.5, 0.6) is 0 Å². The summed E-state index contributed by atoms with van der Waals surface area (Å²) in [6.45, 7) is 6.50. The van der Waals surface area contributed by atoms with Gasteiger partial charge in [-0.25, -0.2) is 0 Å². The minimum absolute atomic E-state index is 0.500. The molecule has 0 radical (unpaired) electrons. The second-order valence-electron chi connectivity index (χ2n) is 2.00. The summed E-state index contributed by atoms with van der Waals surface area (Å²) in [6, 6.07) is 0. The first kappa shape index (κ1) is 8.92. The maximum Gasteiger partial charge on any atom is 0.146 e. The van der Waals surface area contributed by atoms with E-state index < -0.39 is 0 Å². The fourth-order valence-electron chi connectivity index (χ4n) is 0.440. The molecule has 56 valence electrons. The number of rotatable bonds is 0. The number of ether oxygens (including phenoxy) is 2. The van der Waals surface area contributed by atoms with Crippen LogP contribution in [-0.4, -0.2) is 20.0 Å². The molecule has 1 heterocycles. The van der Waals surface area contributed by atoms with Crippen LogP contribution in [0.1, 0.15) is 26.7 Å². The highest BCUT2D eigenvalue weighted by Gasteiger charge is 1.94. The van der Waals surface area contributed by atoms with Crippen LogP contribution in [-0.2, 0) is 9.47 Å². The SMILES string of the molecule is C1COCOC1.CCC. The zero-order chi connectivity index (χ0) is 6.95. The minimum Gasteiger partial charge on any atom is -0.355 e. The Morgan fingerprint density at radius 1 is 1.11 bits per heavy atom. The molecular weight excluding hydrogens is 116 g/mol. The van der Waals surface area contributed by atoms with Gasteiger partial charge in [-0.3, -0.25) is 0 Å². The fourth-order valence-corrected chi connectivity index (χ4v) is 0.440. The molecule has 2 heteroatoms. The van der Waals surface area contributed by atoms with E-state index >= 15 is 0 Å². The summed E-state index contributed by atoms with van der Waals surface area (Å²) in [5.74, 6) is 0. The zero-order valence-corrected chi connectivity index (χ0v) is 6.35. The lowest BCUT2D eigenvalue weighted by molar-refractivity contribution is -0.0963. The molecule has 0 aromatic heterocycles. The van der Waals surface area contributed by atoms with Crippen LogP contribution in [0.4, 0.5) is 0 Å². The topological polar surface area (TPSA) is 18.5 Å². The molecule has 0 spiro atoms. The fraction of sp³-hybridized carbons (Fsp3) is 1.00. The molecule has 0 atom stereocenters. The Hall–Kier alpha value is -0.0800. The zero-order valence-electron chi connectivity index (χ0n) is 6.35. The lowest BCUT2D eigenvalue weighted by atomic mass is 10.5. The Morgan fingerprint density at radius 2 is 1.56 bits per heavy atom. The third-order valence-corrected chi connectivity index (χ3v) is 0.744. The van der Waals surface area contributed by atoms with Gasteiger partial charge in [0.05, 0.1) is 13.2 Å². The molecule has 9 heavy (non-hydrogen) atoms. The summed E-state index contributed by atoms with van der Waals surface area (Å²) >= 11 is 0. The van der Waals surface area contributed by atoms with E-state index in [4.69, 9.17) is 9.47 Å². The van der Waals surface area contributed by atoms with Crippen molar-refractivity contribution in [1.82, 2.24) is 0 Å². The van der Waals surface area contributed by atoms with Crippen molar-refractivity contribution in [3.63, 3.8) is 0 Å². The standard InChI is InChI=1S/C4H8O2.C3H8/c1-2-5-4-6-3-1;1-3-2/h1-4H2;3H2,1-2H3. The Labute approximate surface area is 57.2 Å². The molecule has 2 nitrogen and oxygen atoms in total. The molecule has 1 aliphatic heterocycles. The lowest BCUT2D eigenvalue weighted by Crippen LogP contribution is -2.11. The Balaban J connectivity index is 0.000000187. The van der Waals surface area contributed by atoms with Crippen LogP contribution in [0.3, 0.4) is 0 Å². The van der Waals surface area contributed by atoms with Crippen molar-refractivity contribution in [2.75, 3.05) is 20.0 Å². The quantitative estimate of drug-likeness (QED) is 0.500. The number of hydrogen-bond acceptors (Lipinski definition) is 2. The van der Waals surface area contributed by atoms with Gasteiger partial charge in [0.1, 0.15) is 6.79 Å². The second-order valence-corrected chi connectivity index (χ2v) is 2.00. The molecule has 0 bridgehead atoms. The molecule has 1 saturated heterocycles. The van der Waals surface area contributed by atoms with Crippen LogP contribution in [0.25, 0.3) is 0 Å². The summed E-state index contributed by atoms with van der Waals surface area (Å²) in [7, 11) is 0. The van der Waals surface area contributed by atoms with Crippen LogP contribution in [0, 0.1) is 0 Å². The monoisotopic (exact) mass is 132 g/mol. The normalized spacial score (nSPS) is 18.0. The third kappa shape index (κ3) is 7.92. The minimum atomic E-state index is 0.500. The van der Waals surface area contributed by atoms with Gasteiger partial charge in [-0.15, -0.1) is 0 Å². The summed E-state index contributed by atoms with van der Waals surface area (Å²) in [5, 5.41) is 0. The average Bonchev–Trinajstić information content (AvgIpc) is 1.93. The van der Waals surface area contributed by atoms with Crippen molar-refractivity contribution >= 4 is 0 Å². The molecule has 0 aliphatic carbocycles. The molecule has 0 unspecified atom stereocenters. The smallest absolute Gasteiger partial charge is 0.146 e. The van der Waals surface area contributed by atoms with Crippen molar-refractivity contribution in [2.45, 2.75) is 26.7 Å². The molecule has 0 aromatic rings. The number of hydrogen-bond donors (Lipinski definition) is 0. The van der Waals surface area contributed by atoms with Crippen LogP contribution >= 0.6 is 0 Å². The van der Waals surface area contributed by atoms with Gasteiger partial charge in [0, 0.05) is 0 Å². The summed E-state index contributed by atoms with van der Waals surface area (Å²) in [6.07, 6.45) is 2.31. The molecule has 0 aromatic carbocycles. The van der Waals surface area contributed by atoms with Crippen molar-refractivity contribution < 1.29 is 9.47 Å². The van der Waals surface area contributed by atoms with Gasteiger partial charge in [0.25, 0.3) is 0 Å². The highest BCUT2D eigenvalue weighted by atomic mass is 16.7. The van der Waals surface area contributed by atoms with Gasteiger partial charge in [-0.05, 0) is 6.42 Å². The maximum atomic E-state index is 4.85. The van der Waals surface area contributed by atoms with E-state index in [0.29, 0.717) is 6.79 Å². The molecule has 0 N–H and O–H groups in total. The van der Waals surface area contributed by atoms with Crippen LogP contribution in [0.2, 0.25) is 0 Å². The van der Waals surface area contributed by atoms with Crippen LogP contribution < -0.4 is 0 Å². The van der Waals surface area contributed by atoms with E-state index in [9.17, 15) is 0 Å². The van der Waals surface area contributed by atoms with Gasteiger partial charge in [-0.2, -0.15) is 0 Å². The predicted molar refractivity (Wildman–Crippen MR) is 37.4 cm³/mol. The van der Waals surface area contributed by atoms with E-state index in [0.717, 1.165) is 19.6 Å². The molecule has 0 amide bonds. The maximum absolute atomic E-state index is 4.85. The summed E-state index contributed by atoms with van der Waals surface area (Å²) in [4.78, 5) is 0. The van der Waals surface area contributed by atoms with E-state index in [1.807, 2.05) is 0 Å². The summed E-state index contributed by atoms with van der Waals surface area (Å²) < 4.78 is 9.69. The molecular formula is C7H16O2. The van der Waals surface area contributed by atoms with Gasteiger partial charge >= 0.3 is 0 Å². The van der Waals surface area contributed by atoms with Gasteiger partial charge in [0.15, 0.2) is 0 Å². The molecule has 1 fully saturated rings.